The largest absolute Gasteiger partial charge is 0.390 e. The highest BCUT2D eigenvalue weighted by atomic mass is 35.5. The van der Waals surface area contributed by atoms with E-state index in [1.807, 2.05) is 0 Å². The first-order chi connectivity index (χ1) is 8.89. The first-order valence-electron chi connectivity index (χ1n) is 5.62. The molecule has 0 aliphatic carbocycles. The van der Waals surface area contributed by atoms with E-state index in [9.17, 15) is 15.0 Å². The van der Waals surface area contributed by atoms with Crippen LogP contribution >= 0.6 is 11.6 Å². The van der Waals surface area contributed by atoms with Crippen molar-refractivity contribution in [2.75, 3.05) is 12.8 Å². The molecule has 19 heavy (non-hydrogen) atoms. The lowest BCUT2D eigenvalue weighted by atomic mass is 10.1. The number of anilines is 1. The van der Waals surface area contributed by atoms with E-state index >= 15 is 0 Å². The molecule has 0 spiro atoms. The Morgan fingerprint density at radius 1 is 1.79 bits per heavy atom. The maximum absolute atomic E-state index is 11.8. The molecule has 1 aliphatic heterocycles. The summed E-state index contributed by atoms with van der Waals surface area (Å²) >= 11 is 5.54. The van der Waals surface area contributed by atoms with Gasteiger partial charge in [-0.05, 0) is 13.1 Å². The van der Waals surface area contributed by atoms with Crippen LogP contribution in [0.25, 0.3) is 0 Å². The Labute approximate surface area is 113 Å². The number of nitrogens with one attached hydrogen (secondary N) is 1. The van der Waals surface area contributed by atoms with Gasteiger partial charge in [0.15, 0.2) is 5.56 Å². The Hall–Kier alpha value is -1.19. The second kappa shape index (κ2) is 5.06. The maximum atomic E-state index is 11.8. The Kier molecular flexibility index (Phi) is 3.79. The zero-order valence-electron chi connectivity index (χ0n) is 10.2. The molecule has 1 fully saturated rings. The lowest BCUT2D eigenvalue weighted by Crippen LogP contribution is -2.51. The number of aliphatic hydroxyl groups excluding tert-OH is 2. The number of nitrogens with zero attached hydrogens (tertiary/aromatic N) is 2. The number of hydrogen-bond acceptors (Lipinski definition) is 7. The van der Waals surface area contributed by atoms with Crippen LogP contribution in [0.15, 0.2) is 17.1 Å². The third-order valence-electron chi connectivity index (χ3n) is 3.07. The minimum absolute atomic E-state index is 0.0312. The molecule has 1 aromatic heterocycles. The predicted molar refractivity (Wildman–Crippen MR) is 67.3 cm³/mol. The lowest BCUT2D eigenvalue weighted by Gasteiger charge is -2.30. The van der Waals surface area contributed by atoms with Crippen molar-refractivity contribution in [3.8, 4) is 0 Å². The Bertz CT molecular complexity index is 522. The van der Waals surface area contributed by atoms with Crippen LogP contribution in [0.4, 0.5) is 5.82 Å². The van der Waals surface area contributed by atoms with Crippen LogP contribution in [0.1, 0.15) is 6.42 Å². The van der Waals surface area contributed by atoms with Gasteiger partial charge in [-0.3, -0.25) is 9.88 Å². The van der Waals surface area contributed by atoms with Crippen molar-refractivity contribution >= 4 is 17.4 Å². The number of aromatic nitrogens is 2. The fraction of sp³-hybridized carbons (Fsp3) is 0.600. The van der Waals surface area contributed by atoms with Crippen molar-refractivity contribution < 1.29 is 14.9 Å². The molecule has 9 heteroatoms. The monoisotopic (exact) mass is 290 g/mol. The van der Waals surface area contributed by atoms with Gasteiger partial charge in [0.2, 0.25) is 5.85 Å². The van der Waals surface area contributed by atoms with Gasteiger partial charge < -0.3 is 20.7 Å². The molecule has 2 rings (SSSR count). The molecule has 8 nitrogen and oxygen atoms in total. The fourth-order valence-electron chi connectivity index (χ4n) is 2.12. The number of aliphatic hydroxyl groups is 2. The molecule has 1 aromatic rings. The van der Waals surface area contributed by atoms with E-state index in [-0.39, 0.29) is 12.2 Å². The normalized spacial score (nSPS) is 32.4. The van der Waals surface area contributed by atoms with Gasteiger partial charge in [0.05, 0.1) is 6.10 Å². The number of nitrogens with two attached hydrogens (primary N) is 1. The van der Waals surface area contributed by atoms with Gasteiger partial charge in [0.25, 0.3) is 0 Å². The number of rotatable bonds is 3. The van der Waals surface area contributed by atoms with Crippen molar-refractivity contribution in [1.82, 2.24) is 14.9 Å². The minimum atomic E-state index is -1.39. The van der Waals surface area contributed by atoms with Crippen molar-refractivity contribution in [3.05, 3.63) is 22.7 Å². The first-order valence-corrected chi connectivity index (χ1v) is 6.06. The highest BCUT2D eigenvalue weighted by molar-refractivity contribution is 6.19. The van der Waals surface area contributed by atoms with Gasteiger partial charge >= 0.3 is 5.69 Å². The second-order valence-corrected chi connectivity index (χ2v) is 4.71. The fourth-order valence-corrected chi connectivity index (χ4v) is 2.34. The summed E-state index contributed by atoms with van der Waals surface area (Å²) in [5, 5.41) is 22.0. The van der Waals surface area contributed by atoms with Crippen LogP contribution in [0, 0.1) is 0 Å². The summed E-state index contributed by atoms with van der Waals surface area (Å²) in [7, 11) is 1.55. The Morgan fingerprint density at radius 3 is 2.95 bits per heavy atom. The molecule has 1 saturated heterocycles. The summed E-state index contributed by atoms with van der Waals surface area (Å²) in [4.78, 5) is 15.4. The summed E-state index contributed by atoms with van der Waals surface area (Å²) in [5.41, 5.74) is 3.40. The Morgan fingerprint density at radius 2 is 2.47 bits per heavy atom. The molecule has 0 aromatic carbocycles. The Balaban J connectivity index is 2.42. The van der Waals surface area contributed by atoms with E-state index in [1.165, 1.54) is 12.3 Å². The number of ether oxygens (including phenoxy) is 1. The van der Waals surface area contributed by atoms with Crippen LogP contribution in [0.3, 0.4) is 0 Å². The van der Waals surface area contributed by atoms with Crippen LogP contribution in [-0.2, 0) is 10.6 Å². The summed E-state index contributed by atoms with van der Waals surface area (Å²) in [5.74, 6) is -1.24. The SMILES string of the molecule is CN[C@]1(n2ccc(N)nc2=O)C[C@H](O)[C@@H](C(O)Cl)O1. The van der Waals surface area contributed by atoms with Crippen LogP contribution in [-0.4, -0.2) is 44.6 Å². The number of nitrogen functional groups attached to an aromatic ring is 1. The minimum Gasteiger partial charge on any atom is -0.390 e. The molecule has 1 aliphatic rings. The molecule has 1 unspecified atom stereocenters. The molecular formula is C10H15ClN4O4. The number of alkyl halides is 1. The van der Waals surface area contributed by atoms with E-state index < -0.39 is 29.3 Å². The topological polar surface area (TPSA) is 123 Å². The van der Waals surface area contributed by atoms with Crippen LogP contribution in [0.2, 0.25) is 0 Å². The van der Waals surface area contributed by atoms with Crippen molar-refractivity contribution in [2.24, 2.45) is 0 Å². The van der Waals surface area contributed by atoms with Crippen LogP contribution < -0.4 is 16.7 Å². The third kappa shape index (κ3) is 2.45. The zero-order valence-corrected chi connectivity index (χ0v) is 10.9. The van der Waals surface area contributed by atoms with Crippen molar-refractivity contribution in [1.29, 1.82) is 0 Å². The predicted octanol–water partition coefficient (Wildman–Crippen LogP) is -1.64. The van der Waals surface area contributed by atoms with Crippen molar-refractivity contribution in [2.45, 2.75) is 30.0 Å². The summed E-state index contributed by atoms with van der Waals surface area (Å²) in [6.07, 6.45) is -0.608. The van der Waals surface area contributed by atoms with Gasteiger partial charge in [-0.1, -0.05) is 11.6 Å². The van der Waals surface area contributed by atoms with E-state index in [0.717, 1.165) is 4.57 Å². The van der Waals surface area contributed by atoms with Gasteiger partial charge in [-0.25, -0.2) is 4.79 Å². The second-order valence-electron chi connectivity index (χ2n) is 4.27. The molecule has 2 heterocycles. The molecule has 0 bridgehead atoms. The molecule has 4 atom stereocenters. The molecule has 0 radical (unpaired) electrons. The molecule has 0 saturated carbocycles. The average Bonchev–Trinajstić information content (AvgIpc) is 2.67. The number of halogens is 1. The summed E-state index contributed by atoms with van der Waals surface area (Å²) < 4.78 is 6.68. The smallest absolute Gasteiger partial charge is 0.352 e. The lowest BCUT2D eigenvalue weighted by molar-refractivity contribution is -0.142. The highest BCUT2D eigenvalue weighted by Crippen LogP contribution is 2.34. The molecular weight excluding hydrogens is 276 g/mol. The quantitative estimate of drug-likeness (QED) is 0.493. The van der Waals surface area contributed by atoms with E-state index in [4.69, 9.17) is 22.1 Å². The summed E-state index contributed by atoms with van der Waals surface area (Å²) in [6.45, 7) is 0. The van der Waals surface area contributed by atoms with Crippen LogP contribution in [0.5, 0.6) is 0 Å². The summed E-state index contributed by atoms with van der Waals surface area (Å²) in [6, 6.07) is 1.43. The van der Waals surface area contributed by atoms with E-state index in [0.29, 0.717) is 0 Å². The zero-order chi connectivity index (χ0) is 14.2. The first kappa shape index (κ1) is 14.2. The maximum Gasteiger partial charge on any atom is 0.352 e. The van der Waals surface area contributed by atoms with Gasteiger partial charge in [-0.15, -0.1) is 0 Å². The molecule has 0 amide bonds. The molecule has 106 valence electrons. The third-order valence-corrected chi connectivity index (χ3v) is 3.32. The standard InChI is InChI=1S/C10H15ClN4O4/c1-13-10(4-5(16)7(19-10)8(11)17)15-3-2-6(12)14-9(15)18/h2-3,5,7-8,13,16-17H,4H2,1H3,(H2,12,14,18)/t5-,7-,8?,10-/m0/s1. The van der Waals surface area contributed by atoms with Gasteiger partial charge in [0.1, 0.15) is 11.9 Å². The van der Waals surface area contributed by atoms with Crippen molar-refractivity contribution in [3.63, 3.8) is 0 Å². The van der Waals surface area contributed by atoms with Gasteiger partial charge in [-0.2, -0.15) is 4.98 Å². The average molecular weight is 291 g/mol. The highest BCUT2D eigenvalue weighted by Gasteiger charge is 2.49. The van der Waals surface area contributed by atoms with E-state index in [2.05, 4.69) is 10.3 Å². The molecule has 5 N–H and O–H groups in total. The van der Waals surface area contributed by atoms with Gasteiger partial charge in [0, 0.05) is 12.6 Å². The van der Waals surface area contributed by atoms with E-state index in [1.54, 1.807) is 7.05 Å². The number of hydrogen-bond donors (Lipinski definition) is 4.